The van der Waals surface area contributed by atoms with Crippen LogP contribution in [0.4, 0.5) is 0 Å². The molecule has 0 spiro atoms. The molecule has 2 saturated heterocycles. The highest BCUT2D eigenvalue weighted by Gasteiger charge is 2.59. The first kappa shape index (κ1) is 13.2. The van der Waals surface area contributed by atoms with Crippen LogP contribution in [0.5, 0.6) is 0 Å². The lowest BCUT2D eigenvalue weighted by Crippen LogP contribution is -2.38. The van der Waals surface area contributed by atoms with Crippen LogP contribution in [0, 0.1) is 0 Å². The van der Waals surface area contributed by atoms with Gasteiger partial charge in [-0.3, -0.25) is 28.9 Å². The van der Waals surface area contributed by atoms with Gasteiger partial charge in [0.15, 0.2) is 0 Å². The summed E-state index contributed by atoms with van der Waals surface area (Å²) in [5, 5.41) is 1.52. The third kappa shape index (κ3) is 2.10. The molecule has 20 heavy (non-hydrogen) atoms. The SMILES string of the molecule is CC1(ON2C(=O)CCC2=O)CC1ON1C(=O)CCC1=O. The van der Waals surface area contributed by atoms with Crippen LogP contribution < -0.4 is 0 Å². The Labute approximate surface area is 114 Å². The minimum atomic E-state index is -0.862. The van der Waals surface area contributed by atoms with E-state index in [0.29, 0.717) is 6.42 Å². The van der Waals surface area contributed by atoms with Gasteiger partial charge in [-0.05, 0) is 6.92 Å². The average molecular weight is 282 g/mol. The minimum Gasteiger partial charge on any atom is -0.272 e. The van der Waals surface area contributed by atoms with Gasteiger partial charge in [0, 0.05) is 32.1 Å². The Bertz CT molecular complexity index is 486. The largest absolute Gasteiger partial charge is 0.272 e. The minimum absolute atomic E-state index is 0.142. The van der Waals surface area contributed by atoms with Crippen LogP contribution in [0.1, 0.15) is 39.0 Å². The van der Waals surface area contributed by atoms with E-state index in [1.807, 2.05) is 0 Å². The number of carbonyl (C=O) groups is 4. The third-order valence-electron chi connectivity index (χ3n) is 3.66. The molecule has 0 aromatic heterocycles. The number of imide groups is 2. The number of hydrogen-bond acceptors (Lipinski definition) is 6. The van der Waals surface area contributed by atoms with Gasteiger partial charge in [-0.1, -0.05) is 0 Å². The van der Waals surface area contributed by atoms with Gasteiger partial charge in [0.05, 0.1) is 0 Å². The highest BCUT2D eigenvalue weighted by molar-refractivity contribution is 6.01. The molecule has 2 unspecified atom stereocenters. The van der Waals surface area contributed by atoms with E-state index in [1.165, 1.54) is 0 Å². The van der Waals surface area contributed by atoms with Crippen molar-refractivity contribution in [2.75, 3.05) is 0 Å². The van der Waals surface area contributed by atoms with Crippen molar-refractivity contribution in [3.63, 3.8) is 0 Å². The van der Waals surface area contributed by atoms with Crippen molar-refractivity contribution in [3.05, 3.63) is 0 Å². The van der Waals surface area contributed by atoms with Crippen molar-refractivity contribution in [3.8, 4) is 0 Å². The van der Waals surface area contributed by atoms with Gasteiger partial charge >= 0.3 is 0 Å². The van der Waals surface area contributed by atoms with Gasteiger partial charge in [0.1, 0.15) is 11.7 Å². The van der Waals surface area contributed by atoms with Crippen LogP contribution in [0.2, 0.25) is 0 Å². The average Bonchev–Trinajstić information content (AvgIpc) is 2.79. The van der Waals surface area contributed by atoms with Gasteiger partial charge in [-0.15, -0.1) is 0 Å². The lowest BCUT2D eigenvalue weighted by molar-refractivity contribution is -0.228. The molecule has 8 nitrogen and oxygen atoms in total. The highest BCUT2D eigenvalue weighted by Crippen LogP contribution is 2.44. The molecule has 0 radical (unpaired) electrons. The van der Waals surface area contributed by atoms with E-state index in [1.54, 1.807) is 6.92 Å². The smallest absolute Gasteiger partial charge is 0.254 e. The second kappa shape index (κ2) is 4.35. The summed E-state index contributed by atoms with van der Waals surface area (Å²) in [5.41, 5.74) is -0.862. The van der Waals surface area contributed by atoms with E-state index in [-0.39, 0.29) is 49.3 Å². The molecule has 108 valence electrons. The Balaban J connectivity index is 1.60. The monoisotopic (exact) mass is 282 g/mol. The second-order valence-electron chi connectivity index (χ2n) is 5.37. The normalized spacial score (nSPS) is 33.5. The standard InChI is InChI=1S/C12H14N2O6/c1-12(20-14-10(17)4-5-11(14)18)6-7(12)19-13-8(15)2-3-9(13)16/h7H,2-6H2,1H3. The first-order chi connectivity index (χ1) is 9.40. The zero-order valence-corrected chi connectivity index (χ0v) is 11.0. The summed E-state index contributed by atoms with van der Waals surface area (Å²) in [6, 6.07) is 0. The Morgan fingerprint density at radius 3 is 1.85 bits per heavy atom. The molecule has 0 aromatic rings. The number of amides is 4. The van der Waals surface area contributed by atoms with Crippen LogP contribution in [-0.2, 0) is 28.9 Å². The maximum Gasteiger partial charge on any atom is 0.254 e. The van der Waals surface area contributed by atoms with Crippen LogP contribution in [-0.4, -0.2) is 45.5 Å². The van der Waals surface area contributed by atoms with Gasteiger partial charge in [0.25, 0.3) is 23.6 Å². The number of hydrogen-bond donors (Lipinski definition) is 0. The van der Waals surface area contributed by atoms with Crippen LogP contribution in [0.25, 0.3) is 0 Å². The zero-order chi connectivity index (χ0) is 14.5. The molecule has 1 aliphatic carbocycles. The first-order valence-electron chi connectivity index (χ1n) is 6.48. The topological polar surface area (TPSA) is 93.2 Å². The molecule has 3 fully saturated rings. The molecule has 3 aliphatic rings. The summed E-state index contributed by atoms with van der Waals surface area (Å²) < 4.78 is 0. The quantitative estimate of drug-likeness (QED) is 0.656. The molecular weight excluding hydrogens is 268 g/mol. The number of hydroxylamine groups is 4. The molecule has 2 aliphatic heterocycles. The van der Waals surface area contributed by atoms with Crippen molar-refractivity contribution < 1.29 is 28.9 Å². The fraction of sp³-hybridized carbons (Fsp3) is 0.667. The molecule has 2 atom stereocenters. The number of carbonyl (C=O) groups excluding carboxylic acids is 4. The van der Waals surface area contributed by atoms with E-state index in [9.17, 15) is 19.2 Å². The van der Waals surface area contributed by atoms with Gasteiger partial charge in [-0.25, -0.2) is 0 Å². The lowest BCUT2D eigenvalue weighted by Gasteiger charge is -2.21. The van der Waals surface area contributed by atoms with Gasteiger partial charge in [-0.2, -0.15) is 10.1 Å². The molecule has 0 aromatic carbocycles. The molecule has 0 bridgehead atoms. The van der Waals surface area contributed by atoms with E-state index in [4.69, 9.17) is 9.68 Å². The highest BCUT2D eigenvalue weighted by atomic mass is 16.8. The molecule has 4 amide bonds. The lowest BCUT2D eigenvalue weighted by atomic mass is 10.4. The molecule has 0 N–H and O–H groups in total. The maximum absolute atomic E-state index is 11.5. The molecule has 2 heterocycles. The van der Waals surface area contributed by atoms with Crippen LogP contribution in [0.15, 0.2) is 0 Å². The van der Waals surface area contributed by atoms with Crippen molar-refractivity contribution >= 4 is 23.6 Å². The van der Waals surface area contributed by atoms with E-state index in [2.05, 4.69) is 0 Å². The zero-order valence-electron chi connectivity index (χ0n) is 11.0. The summed E-state index contributed by atoms with van der Waals surface area (Å²) in [4.78, 5) is 56.5. The molecule has 1 saturated carbocycles. The predicted octanol–water partition coefficient (Wildman–Crippen LogP) is -0.321. The molecule has 3 rings (SSSR count). The number of rotatable bonds is 4. The van der Waals surface area contributed by atoms with Crippen LogP contribution >= 0.6 is 0 Å². The summed E-state index contributed by atoms with van der Waals surface area (Å²) in [7, 11) is 0. The van der Waals surface area contributed by atoms with Crippen molar-refractivity contribution in [2.45, 2.75) is 50.7 Å². The first-order valence-corrected chi connectivity index (χ1v) is 6.48. The summed E-state index contributed by atoms with van der Waals surface area (Å²) in [6.07, 6.45) is 0.460. The fourth-order valence-electron chi connectivity index (χ4n) is 2.22. The van der Waals surface area contributed by atoms with Crippen molar-refractivity contribution in [1.82, 2.24) is 10.1 Å². The van der Waals surface area contributed by atoms with E-state index < -0.39 is 11.7 Å². The summed E-state index contributed by atoms with van der Waals surface area (Å²) >= 11 is 0. The van der Waals surface area contributed by atoms with Crippen LogP contribution in [0.3, 0.4) is 0 Å². The van der Waals surface area contributed by atoms with Crippen molar-refractivity contribution in [1.29, 1.82) is 0 Å². The summed E-state index contributed by atoms with van der Waals surface area (Å²) in [5.74, 6) is -1.51. The molecule has 8 heteroatoms. The second-order valence-corrected chi connectivity index (χ2v) is 5.37. The van der Waals surface area contributed by atoms with Gasteiger partial charge in [0.2, 0.25) is 0 Å². The number of nitrogens with zero attached hydrogens (tertiary/aromatic N) is 2. The maximum atomic E-state index is 11.5. The van der Waals surface area contributed by atoms with E-state index >= 15 is 0 Å². The van der Waals surface area contributed by atoms with Crippen molar-refractivity contribution in [2.24, 2.45) is 0 Å². The summed E-state index contributed by atoms with van der Waals surface area (Å²) in [6.45, 7) is 1.67. The van der Waals surface area contributed by atoms with Gasteiger partial charge < -0.3 is 0 Å². The third-order valence-corrected chi connectivity index (χ3v) is 3.66. The Morgan fingerprint density at radius 1 is 0.900 bits per heavy atom. The fourth-order valence-corrected chi connectivity index (χ4v) is 2.22. The Kier molecular flexibility index (Phi) is 2.87. The predicted molar refractivity (Wildman–Crippen MR) is 61.2 cm³/mol. The molecular formula is C12H14N2O6. The Hall–Kier alpha value is -1.80. The van der Waals surface area contributed by atoms with E-state index in [0.717, 1.165) is 10.1 Å². The Morgan fingerprint density at radius 2 is 1.35 bits per heavy atom.